The standard InChI is InChI=1S/C16H20F2N2O2/c1-15(2)9-20(10-5-7-16(17,18)8-6-10)12-4-3-11(14(21)22)19-13(12)15/h3-4,10H,5-9H2,1-2H3,(H,21,22). The van der Waals surface area contributed by atoms with Crippen molar-refractivity contribution in [1.29, 1.82) is 0 Å². The number of rotatable bonds is 2. The van der Waals surface area contributed by atoms with Gasteiger partial charge in [-0.2, -0.15) is 0 Å². The van der Waals surface area contributed by atoms with E-state index in [1.165, 1.54) is 6.07 Å². The van der Waals surface area contributed by atoms with Gasteiger partial charge in [-0.1, -0.05) is 13.8 Å². The molecule has 1 aliphatic heterocycles. The van der Waals surface area contributed by atoms with Gasteiger partial charge < -0.3 is 10.0 Å². The lowest BCUT2D eigenvalue weighted by atomic mass is 9.89. The Balaban J connectivity index is 1.90. The summed E-state index contributed by atoms with van der Waals surface area (Å²) in [7, 11) is 0. The lowest BCUT2D eigenvalue weighted by molar-refractivity contribution is -0.0381. The minimum atomic E-state index is -2.54. The Labute approximate surface area is 128 Å². The summed E-state index contributed by atoms with van der Waals surface area (Å²) < 4.78 is 26.7. The predicted molar refractivity (Wildman–Crippen MR) is 78.8 cm³/mol. The summed E-state index contributed by atoms with van der Waals surface area (Å²) in [4.78, 5) is 17.5. The number of hydrogen-bond acceptors (Lipinski definition) is 3. The summed E-state index contributed by atoms with van der Waals surface area (Å²) in [6.07, 6.45) is 0.765. The lowest BCUT2D eigenvalue weighted by Crippen LogP contribution is -2.42. The first-order valence-electron chi connectivity index (χ1n) is 7.59. The van der Waals surface area contributed by atoms with Gasteiger partial charge in [0.25, 0.3) is 0 Å². The molecule has 22 heavy (non-hydrogen) atoms. The maximum atomic E-state index is 13.4. The molecule has 0 radical (unpaired) electrons. The van der Waals surface area contributed by atoms with Gasteiger partial charge in [-0.25, -0.2) is 18.6 Å². The van der Waals surface area contributed by atoms with Crippen LogP contribution < -0.4 is 4.90 Å². The average Bonchev–Trinajstić information content (AvgIpc) is 2.70. The number of carboxylic acids is 1. The molecule has 1 aromatic heterocycles. The number of halogens is 2. The summed E-state index contributed by atoms with van der Waals surface area (Å²) in [6, 6.07) is 3.35. The largest absolute Gasteiger partial charge is 0.477 e. The zero-order valence-electron chi connectivity index (χ0n) is 12.8. The van der Waals surface area contributed by atoms with Gasteiger partial charge in [-0.3, -0.25) is 0 Å². The first-order chi connectivity index (χ1) is 10.2. The van der Waals surface area contributed by atoms with Crippen LogP contribution in [0.3, 0.4) is 0 Å². The van der Waals surface area contributed by atoms with Crippen LogP contribution in [0.15, 0.2) is 12.1 Å². The highest BCUT2D eigenvalue weighted by molar-refractivity contribution is 5.86. The van der Waals surface area contributed by atoms with Crippen molar-refractivity contribution in [1.82, 2.24) is 4.98 Å². The van der Waals surface area contributed by atoms with E-state index in [1.807, 2.05) is 13.8 Å². The molecule has 0 atom stereocenters. The minimum Gasteiger partial charge on any atom is -0.477 e. The van der Waals surface area contributed by atoms with Gasteiger partial charge in [0.2, 0.25) is 5.92 Å². The molecule has 0 aromatic carbocycles. The average molecular weight is 310 g/mol. The maximum absolute atomic E-state index is 13.4. The van der Waals surface area contributed by atoms with Crippen LogP contribution >= 0.6 is 0 Å². The molecule has 0 bridgehead atoms. The number of fused-ring (bicyclic) bond motifs is 1. The molecule has 1 aromatic rings. The van der Waals surface area contributed by atoms with Gasteiger partial charge in [0, 0.05) is 30.8 Å². The van der Waals surface area contributed by atoms with E-state index in [4.69, 9.17) is 5.11 Å². The van der Waals surface area contributed by atoms with Crippen LogP contribution in [0.5, 0.6) is 0 Å². The van der Waals surface area contributed by atoms with E-state index in [0.717, 1.165) is 11.4 Å². The van der Waals surface area contributed by atoms with E-state index in [2.05, 4.69) is 9.88 Å². The molecule has 1 aliphatic carbocycles. The fraction of sp³-hybridized carbons (Fsp3) is 0.625. The monoisotopic (exact) mass is 310 g/mol. The molecule has 0 amide bonds. The molecule has 4 nitrogen and oxygen atoms in total. The molecule has 2 heterocycles. The zero-order valence-corrected chi connectivity index (χ0v) is 12.8. The van der Waals surface area contributed by atoms with E-state index in [-0.39, 0.29) is 30.0 Å². The summed E-state index contributed by atoms with van der Waals surface area (Å²) in [5.74, 6) is -3.59. The molecule has 1 fully saturated rings. The Bertz CT molecular complexity index is 606. The van der Waals surface area contributed by atoms with E-state index >= 15 is 0 Å². The Kier molecular flexibility index (Phi) is 3.38. The van der Waals surface area contributed by atoms with Crippen molar-refractivity contribution in [3.05, 3.63) is 23.5 Å². The van der Waals surface area contributed by atoms with Gasteiger partial charge >= 0.3 is 5.97 Å². The number of aromatic nitrogens is 1. The van der Waals surface area contributed by atoms with Gasteiger partial charge in [0.1, 0.15) is 5.69 Å². The van der Waals surface area contributed by atoms with Crippen LogP contribution in [0.2, 0.25) is 0 Å². The number of alkyl halides is 2. The van der Waals surface area contributed by atoms with Crippen LogP contribution in [0, 0.1) is 0 Å². The van der Waals surface area contributed by atoms with E-state index in [0.29, 0.717) is 19.4 Å². The number of carboxylic acid groups (broad SMARTS) is 1. The van der Waals surface area contributed by atoms with E-state index in [1.54, 1.807) is 6.07 Å². The molecule has 0 unspecified atom stereocenters. The highest BCUT2D eigenvalue weighted by Gasteiger charge is 2.43. The Morgan fingerprint density at radius 2 is 1.95 bits per heavy atom. The summed E-state index contributed by atoms with van der Waals surface area (Å²) in [5, 5.41) is 9.10. The smallest absolute Gasteiger partial charge is 0.354 e. The molecule has 0 saturated heterocycles. The highest BCUT2D eigenvalue weighted by atomic mass is 19.3. The number of anilines is 1. The first kappa shape index (κ1) is 15.2. The molecular weight excluding hydrogens is 290 g/mol. The Morgan fingerprint density at radius 1 is 1.32 bits per heavy atom. The third-order valence-corrected chi connectivity index (χ3v) is 4.74. The van der Waals surface area contributed by atoms with Crippen molar-refractivity contribution in [2.75, 3.05) is 11.4 Å². The van der Waals surface area contributed by atoms with Crippen LogP contribution in [0.1, 0.15) is 55.7 Å². The van der Waals surface area contributed by atoms with Gasteiger partial charge in [0.05, 0.1) is 11.4 Å². The van der Waals surface area contributed by atoms with Crippen molar-refractivity contribution < 1.29 is 18.7 Å². The molecule has 1 N–H and O–H groups in total. The highest BCUT2D eigenvalue weighted by Crippen LogP contribution is 2.44. The molecule has 6 heteroatoms. The fourth-order valence-electron chi connectivity index (χ4n) is 3.55. The lowest BCUT2D eigenvalue weighted by Gasteiger charge is -2.36. The molecule has 1 saturated carbocycles. The van der Waals surface area contributed by atoms with Crippen molar-refractivity contribution in [3.8, 4) is 0 Å². The van der Waals surface area contributed by atoms with Crippen molar-refractivity contribution in [2.45, 2.75) is 56.9 Å². The zero-order chi connectivity index (χ0) is 16.1. The number of pyridine rings is 1. The molecule has 2 aliphatic rings. The second-order valence-electron chi connectivity index (χ2n) is 6.97. The Hall–Kier alpha value is -1.72. The number of carbonyl (C=O) groups is 1. The fourth-order valence-corrected chi connectivity index (χ4v) is 3.55. The Morgan fingerprint density at radius 3 is 2.55 bits per heavy atom. The molecule has 120 valence electrons. The number of nitrogens with zero attached hydrogens (tertiary/aromatic N) is 2. The molecular formula is C16H20F2N2O2. The van der Waals surface area contributed by atoms with Gasteiger partial charge in [-0.15, -0.1) is 0 Å². The SMILES string of the molecule is CC1(C)CN(C2CCC(F)(F)CC2)c2ccc(C(=O)O)nc21. The second-order valence-corrected chi connectivity index (χ2v) is 6.97. The van der Waals surface area contributed by atoms with Crippen LogP contribution in [-0.4, -0.2) is 34.6 Å². The van der Waals surface area contributed by atoms with Crippen LogP contribution in [-0.2, 0) is 5.41 Å². The van der Waals surface area contributed by atoms with Gasteiger partial charge in [0.15, 0.2) is 0 Å². The number of hydrogen-bond donors (Lipinski definition) is 1. The predicted octanol–water partition coefficient (Wildman–Crippen LogP) is 3.46. The minimum absolute atomic E-state index is 0.0313. The second kappa shape index (κ2) is 4.89. The maximum Gasteiger partial charge on any atom is 0.354 e. The van der Waals surface area contributed by atoms with E-state index < -0.39 is 11.9 Å². The third-order valence-electron chi connectivity index (χ3n) is 4.74. The van der Waals surface area contributed by atoms with Crippen LogP contribution in [0.4, 0.5) is 14.5 Å². The van der Waals surface area contributed by atoms with Crippen molar-refractivity contribution in [2.24, 2.45) is 0 Å². The molecule has 0 spiro atoms. The first-order valence-corrected chi connectivity index (χ1v) is 7.59. The van der Waals surface area contributed by atoms with E-state index in [9.17, 15) is 13.6 Å². The summed E-state index contributed by atoms with van der Waals surface area (Å²) in [6.45, 7) is 4.72. The number of aromatic carboxylic acids is 1. The topological polar surface area (TPSA) is 53.4 Å². The summed E-state index contributed by atoms with van der Waals surface area (Å²) >= 11 is 0. The van der Waals surface area contributed by atoms with Crippen molar-refractivity contribution >= 4 is 11.7 Å². The normalized spacial score (nSPS) is 23.4. The van der Waals surface area contributed by atoms with Crippen molar-refractivity contribution in [3.63, 3.8) is 0 Å². The quantitative estimate of drug-likeness (QED) is 0.909. The molecule has 3 rings (SSSR count). The third kappa shape index (κ3) is 2.55. The van der Waals surface area contributed by atoms with Gasteiger partial charge in [-0.05, 0) is 25.0 Å². The van der Waals surface area contributed by atoms with Crippen LogP contribution in [0.25, 0.3) is 0 Å². The summed E-state index contributed by atoms with van der Waals surface area (Å²) in [5.41, 5.74) is 1.40.